The second-order valence-electron chi connectivity index (χ2n) is 5.36. The Morgan fingerprint density at radius 2 is 1.15 bits per heavy atom. The van der Waals surface area contributed by atoms with Crippen LogP contribution in [-0.2, 0) is 0 Å². The van der Waals surface area contributed by atoms with Crippen LogP contribution in [0.1, 0.15) is 77.6 Å². The molecule has 0 aliphatic rings. The minimum atomic E-state index is 1.21. The Morgan fingerprint density at radius 1 is 0.600 bits per heavy atom. The Morgan fingerprint density at radius 3 is 1.75 bits per heavy atom. The van der Waals surface area contributed by atoms with Gasteiger partial charge in [0.2, 0.25) is 0 Å². The molecule has 0 N–H and O–H groups in total. The third-order valence-electron chi connectivity index (χ3n) is 3.38. The molecule has 0 bridgehead atoms. The maximum Gasteiger partial charge on any atom is -0.0348 e. The summed E-state index contributed by atoms with van der Waals surface area (Å²) in [4.78, 5) is 0. The summed E-state index contributed by atoms with van der Waals surface area (Å²) in [5.74, 6) is 0. The first-order valence-electron chi connectivity index (χ1n) is 8.51. The summed E-state index contributed by atoms with van der Waals surface area (Å²) in [7, 11) is 0. The van der Waals surface area contributed by atoms with Crippen LogP contribution in [0, 0.1) is 0 Å². The average molecular weight is 274 g/mol. The largest absolute Gasteiger partial charge is 0.0991 e. The monoisotopic (exact) mass is 274 g/mol. The second-order valence-corrected chi connectivity index (χ2v) is 5.36. The van der Waals surface area contributed by atoms with Crippen molar-refractivity contribution in [3.05, 3.63) is 49.1 Å². The van der Waals surface area contributed by atoms with Gasteiger partial charge in [-0.05, 0) is 38.5 Å². The van der Waals surface area contributed by atoms with Gasteiger partial charge in [-0.2, -0.15) is 0 Å². The van der Waals surface area contributed by atoms with Crippen LogP contribution in [-0.4, -0.2) is 0 Å². The van der Waals surface area contributed by atoms with Crippen molar-refractivity contribution in [2.75, 3.05) is 0 Å². The van der Waals surface area contributed by atoms with Crippen molar-refractivity contribution in [3.63, 3.8) is 0 Å². The van der Waals surface area contributed by atoms with Gasteiger partial charge in [-0.25, -0.2) is 0 Å². The quantitative estimate of drug-likeness (QED) is 0.179. The van der Waals surface area contributed by atoms with E-state index in [1.54, 1.807) is 0 Å². The molecule has 0 spiro atoms. The van der Waals surface area contributed by atoms with Crippen molar-refractivity contribution in [1.82, 2.24) is 0 Å². The standard InChI is InChI=1S/C20H34/c1-3-5-7-9-11-13-15-17-19-20-18-16-14-12-10-8-6-4-2/h3,5,7,9,11-12,14H,1,4,6,8,10,13,15-20H2,2H3. The molecule has 20 heavy (non-hydrogen) atoms. The van der Waals surface area contributed by atoms with Crippen molar-refractivity contribution in [2.45, 2.75) is 77.6 Å². The molecule has 0 aliphatic carbocycles. The van der Waals surface area contributed by atoms with E-state index in [1.165, 1.54) is 70.6 Å². The fourth-order valence-corrected chi connectivity index (χ4v) is 2.12. The van der Waals surface area contributed by atoms with Crippen LogP contribution in [0.15, 0.2) is 49.1 Å². The Balaban J connectivity index is 3.14. The minimum Gasteiger partial charge on any atom is -0.0991 e. The van der Waals surface area contributed by atoms with E-state index in [1.807, 2.05) is 18.2 Å². The van der Waals surface area contributed by atoms with Crippen LogP contribution in [0.25, 0.3) is 0 Å². The zero-order valence-corrected chi connectivity index (χ0v) is 13.5. The molecule has 0 amide bonds. The molecule has 0 aromatic heterocycles. The molecule has 0 rings (SSSR count). The smallest absolute Gasteiger partial charge is 0.0348 e. The summed E-state index contributed by atoms with van der Waals surface area (Å²) in [6.07, 6.45) is 29.6. The van der Waals surface area contributed by atoms with E-state index >= 15 is 0 Å². The predicted molar refractivity (Wildman–Crippen MR) is 94.1 cm³/mol. The first kappa shape index (κ1) is 19.0. The highest BCUT2D eigenvalue weighted by Gasteiger charge is 1.89. The highest BCUT2D eigenvalue weighted by molar-refractivity contribution is 5.08. The molecular formula is C20H34. The fraction of sp³-hybridized carbons (Fsp3) is 0.600. The van der Waals surface area contributed by atoms with Gasteiger partial charge in [0, 0.05) is 0 Å². The van der Waals surface area contributed by atoms with E-state index in [4.69, 9.17) is 0 Å². The van der Waals surface area contributed by atoms with Crippen LogP contribution >= 0.6 is 0 Å². The summed E-state index contributed by atoms with van der Waals surface area (Å²) in [5.41, 5.74) is 0. The Kier molecular flexibility index (Phi) is 17.0. The van der Waals surface area contributed by atoms with Gasteiger partial charge in [0.25, 0.3) is 0 Å². The lowest BCUT2D eigenvalue weighted by Gasteiger charge is -1.98. The zero-order chi connectivity index (χ0) is 14.7. The van der Waals surface area contributed by atoms with Gasteiger partial charge in [0.05, 0.1) is 0 Å². The molecule has 0 heteroatoms. The van der Waals surface area contributed by atoms with E-state index in [0.717, 1.165) is 0 Å². The van der Waals surface area contributed by atoms with Gasteiger partial charge in [-0.1, -0.05) is 88.1 Å². The average Bonchev–Trinajstić information content (AvgIpc) is 2.47. The first-order chi connectivity index (χ1) is 9.91. The zero-order valence-electron chi connectivity index (χ0n) is 13.5. The number of hydrogen-bond acceptors (Lipinski definition) is 0. The van der Waals surface area contributed by atoms with Crippen LogP contribution in [0.2, 0.25) is 0 Å². The molecule has 0 heterocycles. The summed E-state index contributed by atoms with van der Waals surface area (Å²) in [6, 6.07) is 0. The lowest BCUT2D eigenvalue weighted by molar-refractivity contribution is 0.621. The van der Waals surface area contributed by atoms with Crippen LogP contribution < -0.4 is 0 Å². The molecular weight excluding hydrogens is 240 g/mol. The third kappa shape index (κ3) is 17.0. The highest BCUT2D eigenvalue weighted by Crippen LogP contribution is 2.08. The highest BCUT2D eigenvalue weighted by atomic mass is 13.9. The molecule has 0 fully saturated rings. The molecule has 0 saturated heterocycles. The van der Waals surface area contributed by atoms with Crippen LogP contribution in [0.3, 0.4) is 0 Å². The molecule has 0 aromatic carbocycles. The molecule has 0 aliphatic heterocycles. The van der Waals surface area contributed by atoms with Gasteiger partial charge in [-0.3, -0.25) is 0 Å². The van der Waals surface area contributed by atoms with Crippen LogP contribution in [0.4, 0.5) is 0 Å². The summed E-state index contributed by atoms with van der Waals surface area (Å²) in [5, 5.41) is 0. The van der Waals surface area contributed by atoms with Crippen molar-refractivity contribution in [2.24, 2.45) is 0 Å². The number of allylic oxidation sites excluding steroid dienone is 7. The molecule has 114 valence electrons. The minimum absolute atomic E-state index is 1.21. The topological polar surface area (TPSA) is 0 Å². The normalized spacial score (nSPS) is 12.1. The molecule has 0 atom stereocenters. The van der Waals surface area contributed by atoms with Crippen molar-refractivity contribution < 1.29 is 0 Å². The van der Waals surface area contributed by atoms with E-state index in [0.29, 0.717) is 0 Å². The maximum atomic E-state index is 3.64. The van der Waals surface area contributed by atoms with Gasteiger partial charge in [0.15, 0.2) is 0 Å². The molecule has 0 nitrogen and oxygen atoms in total. The lowest BCUT2D eigenvalue weighted by Crippen LogP contribution is -1.78. The van der Waals surface area contributed by atoms with Gasteiger partial charge < -0.3 is 0 Å². The van der Waals surface area contributed by atoms with Gasteiger partial charge in [0.1, 0.15) is 0 Å². The first-order valence-corrected chi connectivity index (χ1v) is 8.51. The molecule has 0 unspecified atom stereocenters. The Labute approximate surface area is 127 Å². The predicted octanol–water partition coefficient (Wildman–Crippen LogP) is 7.15. The Hall–Kier alpha value is -1.04. The van der Waals surface area contributed by atoms with Crippen molar-refractivity contribution >= 4 is 0 Å². The van der Waals surface area contributed by atoms with Crippen molar-refractivity contribution in [3.8, 4) is 0 Å². The van der Waals surface area contributed by atoms with Gasteiger partial charge >= 0.3 is 0 Å². The van der Waals surface area contributed by atoms with E-state index in [-0.39, 0.29) is 0 Å². The summed E-state index contributed by atoms with van der Waals surface area (Å²) in [6.45, 7) is 5.90. The second kappa shape index (κ2) is 18.0. The van der Waals surface area contributed by atoms with Crippen molar-refractivity contribution in [1.29, 1.82) is 0 Å². The SMILES string of the molecule is C=CC=CC=CCCCCCCCC=CCCCCC. The molecule has 0 saturated carbocycles. The number of hydrogen-bond donors (Lipinski definition) is 0. The summed E-state index contributed by atoms with van der Waals surface area (Å²) < 4.78 is 0. The lowest BCUT2D eigenvalue weighted by atomic mass is 10.1. The van der Waals surface area contributed by atoms with Crippen LogP contribution in [0.5, 0.6) is 0 Å². The summed E-state index contributed by atoms with van der Waals surface area (Å²) >= 11 is 0. The van der Waals surface area contributed by atoms with E-state index in [9.17, 15) is 0 Å². The number of unbranched alkanes of at least 4 members (excludes halogenated alkanes) is 9. The molecule has 0 radical (unpaired) electrons. The number of rotatable bonds is 14. The third-order valence-corrected chi connectivity index (χ3v) is 3.38. The van der Waals surface area contributed by atoms with E-state index in [2.05, 4.69) is 37.8 Å². The Bertz CT molecular complexity index is 268. The van der Waals surface area contributed by atoms with Gasteiger partial charge in [-0.15, -0.1) is 0 Å². The van der Waals surface area contributed by atoms with E-state index < -0.39 is 0 Å². The molecule has 0 aromatic rings. The fourth-order valence-electron chi connectivity index (χ4n) is 2.12. The maximum absolute atomic E-state index is 3.64.